The number of benzene rings is 1. The molecule has 1 aromatic carbocycles. The predicted octanol–water partition coefficient (Wildman–Crippen LogP) is 2.13. The Kier molecular flexibility index (Phi) is 5.15. The zero-order valence-corrected chi connectivity index (χ0v) is 15.7. The van der Waals surface area contributed by atoms with E-state index in [0.29, 0.717) is 35.9 Å². The van der Waals surface area contributed by atoms with Crippen molar-refractivity contribution < 1.29 is 22.7 Å². The van der Waals surface area contributed by atoms with E-state index in [-0.39, 0.29) is 18.2 Å². The Morgan fingerprint density at radius 1 is 1.27 bits per heavy atom. The molecule has 0 N–H and O–H groups in total. The quantitative estimate of drug-likeness (QED) is 0.761. The summed E-state index contributed by atoms with van der Waals surface area (Å²) in [6, 6.07) is 7.12. The van der Waals surface area contributed by atoms with Crippen molar-refractivity contribution in [3.05, 3.63) is 36.0 Å². The number of hydrogen-bond acceptors (Lipinski definition) is 5. The highest BCUT2D eigenvalue weighted by atomic mass is 32.2. The summed E-state index contributed by atoms with van der Waals surface area (Å²) in [6.07, 6.45) is 2.75. The lowest BCUT2D eigenvalue weighted by atomic mass is 9.98. The molecule has 2 heterocycles. The molecular formula is C18H22N2O5S. The fraction of sp³-hybridized carbons (Fsp3) is 0.444. The van der Waals surface area contributed by atoms with Crippen LogP contribution in [0, 0.1) is 5.92 Å². The number of fused-ring (bicyclic) bond motifs is 1. The number of esters is 1. The molecule has 2 aromatic rings. The number of carbonyl (C=O) groups excluding carboxylic acids is 2. The minimum Gasteiger partial charge on any atom is -0.465 e. The van der Waals surface area contributed by atoms with E-state index >= 15 is 0 Å². The van der Waals surface area contributed by atoms with Crippen LogP contribution >= 0.6 is 0 Å². The van der Waals surface area contributed by atoms with E-state index in [1.54, 1.807) is 31.2 Å². The Balaban J connectivity index is 1.96. The number of ether oxygens (including phenoxy) is 1. The molecule has 0 amide bonds. The summed E-state index contributed by atoms with van der Waals surface area (Å²) >= 11 is 0. The monoisotopic (exact) mass is 378 g/mol. The smallest absolute Gasteiger partial charge is 0.340 e. The second-order valence-corrected chi connectivity index (χ2v) is 8.62. The van der Waals surface area contributed by atoms with Crippen molar-refractivity contribution in [1.82, 2.24) is 8.87 Å². The molecule has 1 saturated heterocycles. The Hall–Kier alpha value is -2.19. The standard InChI is InChI=1S/C18H22N2O5S/c1-3-26(23,24)19-10-6-7-13(11-19)17(21)20-12-15(18(22)25-2)14-8-4-5-9-16(14)20/h4-5,8-9,12-13H,3,6-7,10-11H2,1-2H3/t13-/m0/s1. The van der Waals surface area contributed by atoms with Crippen molar-refractivity contribution >= 4 is 32.8 Å². The average Bonchev–Trinajstić information content (AvgIpc) is 3.06. The lowest BCUT2D eigenvalue weighted by Crippen LogP contribution is -2.43. The summed E-state index contributed by atoms with van der Waals surface area (Å²) in [5.74, 6) is -1.13. The van der Waals surface area contributed by atoms with E-state index in [4.69, 9.17) is 4.74 Å². The Morgan fingerprint density at radius 3 is 2.69 bits per heavy atom. The van der Waals surface area contributed by atoms with Crippen LogP contribution in [0.5, 0.6) is 0 Å². The molecule has 0 aliphatic carbocycles. The lowest BCUT2D eigenvalue weighted by Gasteiger charge is -2.31. The molecule has 0 spiro atoms. The van der Waals surface area contributed by atoms with Crippen LogP contribution in [-0.2, 0) is 14.8 Å². The van der Waals surface area contributed by atoms with Crippen LogP contribution in [0.3, 0.4) is 0 Å². The van der Waals surface area contributed by atoms with E-state index < -0.39 is 21.9 Å². The van der Waals surface area contributed by atoms with Crippen LogP contribution in [0.2, 0.25) is 0 Å². The van der Waals surface area contributed by atoms with Crippen LogP contribution in [-0.4, -0.2) is 55.1 Å². The summed E-state index contributed by atoms with van der Waals surface area (Å²) in [6.45, 7) is 2.22. The molecular weight excluding hydrogens is 356 g/mol. The highest BCUT2D eigenvalue weighted by Crippen LogP contribution is 2.26. The third-order valence-corrected chi connectivity index (χ3v) is 6.69. The number of carbonyl (C=O) groups is 2. The maximum atomic E-state index is 13.1. The van der Waals surface area contributed by atoms with Gasteiger partial charge in [-0.3, -0.25) is 9.36 Å². The first-order chi connectivity index (χ1) is 12.4. The number of methoxy groups -OCH3 is 1. The van der Waals surface area contributed by atoms with Crippen molar-refractivity contribution in [2.45, 2.75) is 19.8 Å². The molecule has 26 heavy (non-hydrogen) atoms. The Morgan fingerprint density at radius 2 is 2.00 bits per heavy atom. The fourth-order valence-corrected chi connectivity index (χ4v) is 4.59. The molecule has 1 aliphatic heterocycles. The van der Waals surface area contributed by atoms with Gasteiger partial charge in [-0.2, -0.15) is 0 Å². The lowest BCUT2D eigenvalue weighted by molar-refractivity contribution is 0.0603. The molecule has 0 saturated carbocycles. The van der Waals surface area contributed by atoms with Gasteiger partial charge >= 0.3 is 5.97 Å². The number of hydrogen-bond donors (Lipinski definition) is 0. The van der Waals surface area contributed by atoms with Gasteiger partial charge in [0.1, 0.15) is 0 Å². The van der Waals surface area contributed by atoms with Crippen LogP contribution in [0.4, 0.5) is 0 Å². The molecule has 140 valence electrons. The molecule has 0 bridgehead atoms. The van der Waals surface area contributed by atoms with Crippen molar-refractivity contribution in [2.75, 3.05) is 26.0 Å². The topological polar surface area (TPSA) is 85.7 Å². The largest absolute Gasteiger partial charge is 0.465 e. The molecule has 1 atom stereocenters. The van der Waals surface area contributed by atoms with Gasteiger partial charge in [0.15, 0.2) is 0 Å². The molecule has 1 aliphatic rings. The van der Waals surface area contributed by atoms with E-state index in [1.807, 2.05) is 0 Å². The molecule has 0 unspecified atom stereocenters. The van der Waals surface area contributed by atoms with Crippen LogP contribution in [0.15, 0.2) is 30.5 Å². The zero-order valence-electron chi connectivity index (χ0n) is 14.8. The third-order valence-electron chi connectivity index (χ3n) is 4.85. The molecule has 8 heteroatoms. The van der Waals surface area contributed by atoms with Gasteiger partial charge < -0.3 is 4.74 Å². The van der Waals surface area contributed by atoms with Gasteiger partial charge in [0.05, 0.1) is 29.9 Å². The second kappa shape index (κ2) is 7.20. The van der Waals surface area contributed by atoms with E-state index in [0.717, 1.165) is 0 Å². The Labute approximate surface area is 152 Å². The average molecular weight is 378 g/mol. The summed E-state index contributed by atoms with van der Waals surface area (Å²) in [4.78, 5) is 25.1. The van der Waals surface area contributed by atoms with Crippen LogP contribution in [0.25, 0.3) is 10.9 Å². The second-order valence-electron chi connectivity index (χ2n) is 6.36. The zero-order chi connectivity index (χ0) is 18.9. The minimum absolute atomic E-state index is 0.0207. The molecule has 0 radical (unpaired) electrons. The first-order valence-corrected chi connectivity index (χ1v) is 10.2. The maximum absolute atomic E-state index is 13.1. The highest BCUT2D eigenvalue weighted by molar-refractivity contribution is 7.89. The predicted molar refractivity (Wildman–Crippen MR) is 97.7 cm³/mol. The molecule has 7 nitrogen and oxygen atoms in total. The molecule has 1 fully saturated rings. The van der Waals surface area contributed by atoms with Gasteiger partial charge in [-0.25, -0.2) is 17.5 Å². The summed E-state index contributed by atoms with van der Waals surface area (Å²) in [5.41, 5.74) is 0.943. The third kappa shape index (κ3) is 3.26. The van der Waals surface area contributed by atoms with Gasteiger partial charge in [-0.1, -0.05) is 18.2 Å². The van der Waals surface area contributed by atoms with Crippen LogP contribution < -0.4 is 0 Å². The van der Waals surface area contributed by atoms with Crippen molar-refractivity contribution in [3.63, 3.8) is 0 Å². The first-order valence-electron chi connectivity index (χ1n) is 8.59. The highest BCUT2D eigenvalue weighted by Gasteiger charge is 2.33. The number of rotatable bonds is 4. The van der Waals surface area contributed by atoms with Gasteiger partial charge in [-0.15, -0.1) is 0 Å². The van der Waals surface area contributed by atoms with Gasteiger partial charge in [0.2, 0.25) is 15.9 Å². The van der Waals surface area contributed by atoms with Crippen molar-refractivity contribution in [1.29, 1.82) is 0 Å². The van der Waals surface area contributed by atoms with Crippen molar-refractivity contribution in [2.24, 2.45) is 5.92 Å². The number of sulfonamides is 1. The number of piperidine rings is 1. The van der Waals surface area contributed by atoms with E-state index in [2.05, 4.69) is 0 Å². The first kappa shape index (κ1) is 18.6. The number of para-hydroxylation sites is 1. The van der Waals surface area contributed by atoms with E-state index in [9.17, 15) is 18.0 Å². The molecule has 1 aromatic heterocycles. The summed E-state index contributed by atoms with van der Waals surface area (Å²) < 4.78 is 32.0. The fourth-order valence-electron chi connectivity index (χ4n) is 3.41. The van der Waals surface area contributed by atoms with Gasteiger partial charge in [0, 0.05) is 24.7 Å². The number of nitrogens with zero attached hydrogens (tertiary/aromatic N) is 2. The number of aromatic nitrogens is 1. The van der Waals surface area contributed by atoms with Crippen LogP contribution in [0.1, 0.15) is 34.9 Å². The van der Waals surface area contributed by atoms with Gasteiger partial charge in [0.25, 0.3) is 0 Å². The van der Waals surface area contributed by atoms with Gasteiger partial charge in [-0.05, 0) is 25.8 Å². The maximum Gasteiger partial charge on any atom is 0.340 e. The van der Waals surface area contributed by atoms with Crippen molar-refractivity contribution in [3.8, 4) is 0 Å². The summed E-state index contributed by atoms with van der Waals surface area (Å²) in [5, 5.41) is 0.640. The Bertz CT molecular complexity index is 948. The minimum atomic E-state index is -3.33. The molecule has 3 rings (SSSR count). The SMILES string of the molecule is CCS(=O)(=O)N1CCC[C@H](C(=O)n2cc(C(=O)OC)c3ccccc32)C1. The summed E-state index contributed by atoms with van der Waals surface area (Å²) in [7, 11) is -2.03. The normalized spacial score (nSPS) is 18.8. The van der Waals surface area contributed by atoms with E-state index in [1.165, 1.54) is 22.2 Å².